The lowest BCUT2D eigenvalue weighted by Gasteiger charge is -2.11. The summed E-state index contributed by atoms with van der Waals surface area (Å²) in [7, 11) is 0. The third-order valence-electron chi connectivity index (χ3n) is 4.80. The predicted octanol–water partition coefficient (Wildman–Crippen LogP) is 4.55. The summed E-state index contributed by atoms with van der Waals surface area (Å²) < 4.78 is 6.77. The topological polar surface area (TPSA) is 106 Å². The Bertz CT molecular complexity index is 1290. The SMILES string of the molecule is CCOC(=O)c1ccc(NC(=O)CSc2nnc(-c3ccccc3O)n2-c2ccccc2)cc1. The van der Waals surface area contributed by atoms with Crippen molar-refractivity contribution in [3.63, 3.8) is 0 Å². The number of benzene rings is 3. The van der Waals surface area contributed by atoms with Crippen molar-refractivity contribution < 1.29 is 19.4 Å². The highest BCUT2D eigenvalue weighted by molar-refractivity contribution is 7.99. The van der Waals surface area contributed by atoms with Gasteiger partial charge in [0, 0.05) is 11.4 Å². The Morgan fingerprint density at radius 1 is 0.971 bits per heavy atom. The molecule has 1 amide bonds. The van der Waals surface area contributed by atoms with Gasteiger partial charge >= 0.3 is 5.97 Å². The summed E-state index contributed by atoms with van der Waals surface area (Å²) in [4.78, 5) is 24.3. The second-order valence-electron chi connectivity index (χ2n) is 7.13. The molecule has 0 spiro atoms. The zero-order valence-electron chi connectivity index (χ0n) is 18.3. The number of phenolic OH excluding ortho intramolecular Hbond substituents is 1. The third kappa shape index (κ3) is 5.26. The van der Waals surface area contributed by atoms with Gasteiger partial charge in [-0.05, 0) is 55.5 Å². The van der Waals surface area contributed by atoms with Gasteiger partial charge in [0.15, 0.2) is 11.0 Å². The summed E-state index contributed by atoms with van der Waals surface area (Å²) in [6.07, 6.45) is 0. The van der Waals surface area contributed by atoms with Crippen LogP contribution in [0.1, 0.15) is 17.3 Å². The number of carbonyl (C=O) groups is 2. The second-order valence-corrected chi connectivity index (χ2v) is 8.07. The summed E-state index contributed by atoms with van der Waals surface area (Å²) in [5, 5.41) is 22.2. The van der Waals surface area contributed by atoms with Gasteiger partial charge in [-0.3, -0.25) is 9.36 Å². The summed E-state index contributed by atoms with van der Waals surface area (Å²) >= 11 is 1.23. The summed E-state index contributed by atoms with van der Waals surface area (Å²) in [6, 6.07) is 22.9. The van der Waals surface area contributed by atoms with E-state index < -0.39 is 5.97 Å². The molecule has 0 unspecified atom stereocenters. The Hall–Kier alpha value is -4.11. The van der Waals surface area contributed by atoms with E-state index in [1.54, 1.807) is 54.0 Å². The number of para-hydroxylation sites is 2. The van der Waals surface area contributed by atoms with E-state index in [1.165, 1.54) is 11.8 Å². The molecule has 0 radical (unpaired) electrons. The number of rotatable bonds is 8. The van der Waals surface area contributed by atoms with Gasteiger partial charge in [-0.1, -0.05) is 42.1 Å². The molecule has 3 aromatic carbocycles. The van der Waals surface area contributed by atoms with E-state index in [4.69, 9.17) is 4.74 Å². The maximum Gasteiger partial charge on any atom is 0.338 e. The van der Waals surface area contributed by atoms with Crippen LogP contribution in [-0.2, 0) is 9.53 Å². The van der Waals surface area contributed by atoms with E-state index >= 15 is 0 Å². The molecule has 2 N–H and O–H groups in total. The van der Waals surface area contributed by atoms with Crippen LogP contribution in [0.3, 0.4) is 0 Å². The molecule has 34 heavy (non-hydrogen) atoms. The number of nitrogens with zero attached hydrogens (tertiary/aromatic N) is 3. The summed E-state index contributed by atoms with van der Waals surface area (Å²) in [5.74, 6) is 0.0113. The molecule has 4 aromatic rings. The van der Waals surface area contributed by atoms with Gasteiger partial charge in [0.2, 0.25) is 5.91 Å². The lowest BCUT2D eigenvalue weighted by atomic mass is 10.2. The van der Waals surface area contributed by atoms with E-state index in [9.17, 15) is 14.7 Å². The Balaban J connectivity index is 1.50. The van der Waals surface area contributed by atoms with Crippen molar-refractivity contribution in [3.8, 4) is 22.8 Å². The number of hydrogen-bond donors (Lipinski definition) is 2. The molecule has 0 bridgehead atoms. The van der Waals surface area contributed by atoms with Gasteiger partial charge in [0.05, 0.1) is 23.5 Å². The van der Waals surface area contributed by atoms with Crippen molar-refractivity contribution in [3.05, 3.63) is 84.4 Å². The molecule has 0 saturated heterocycles. The van der Waals surface area contributed by atoms with Crippen LogP contribution in [0, 0.1) is 0 Å². The van der Waals surface area contributed by atoms with Crippen molar-refractivity contribution in [1.82, 2.24) is 14.8 Å². The molecule has 0 aliphatic rings. The van der Waals surface area contributed by atoms with Gasteiger partial charge < -0.3 is 15.2 Å². The van der Waals surface area contributed by atoms with Crippen molar-refractivity contribution in [2.45, 2.75) is 12.1 Å². The van der Waals surface area contributed by atoms with Crippen LogP contribution in [-0.4, -0.2) is 44.1 Å². The van der Waals surface area contributed by atoms with Crippen LogP contribution in [0.2, 0.25) is 0 Å². The number of aromatic hydroxyl groups is 1. The number of anilines is 1. The Morgan fingerprint density at radius 3 is 2.38 bits per heavy atom. The van der Waals surface area contributed by atoms with Gasteiger partial charge in [-0.25, -0.2) is 4.79 Å². The van der Waals surface area contributed by atoms with Crippen LogP contribution in [0.15, 0.2) is 84.0 Å². The minimum atomic E-state index is -0.406. The molecule has 8 nitrogen and oxygen atoms in total. The standard InChI is InChI=1S/C25H22N4O4S/c1-2-33-24(32)17-12-14-18(15-13-17)26-22(31)16-34-25-28-27-23(20-10-6-7-11-21(20)30)29(25)19-8-4-3-5-9-19/h3-15,30H,2,16H2,1H3,(H,26,31). The monoisotopic (exact) mass is 474 g/mol. The first-order valence-electron chi connectivity index (χ1n) is 10.6. The maximum absolute atomic E-state index is 12.6. The van der Waals surface area contributed by atoms with E-state index in [1.807, 2.05) is 36.4 Å². The molecule has 172 valence electrons. The van der Waals surface area contributed by atoms with Crippen molar-refractivity contribution >= 4 is 29.3 Å². The Morgan fingerprint density at radius 2 is 1.68 bits per heavy atom. The molecule has 4 rings (SSSR count). The van der Waals surface area contributed by atoms with Crippen LogP contribution in [0.5, 0.6) is 5.75 Å². The first-order valence-corrected chi connectivity index (χ1v) is 11.5. The third-order valence-corrected chi connectivity index (χ3v) is 5.73. The zero-order chi connectivity index (χ0) is 23.9. The number of ether oxygens (including phenoxy) is 1. The highest BCUT2D eigenvalue weighted by atomic mass is 32.2. The number of thioether (sulfide) groups is 1. The quantitative estimate of drug-likeness (QED) is 0.285. The van der Waals surface area contributed by atoms with Gasteiger partial charge in [-0.2, -0.15) is 0 Å². The fraction of sp³-hybridized carbons (Fsp3) is 0.120. The molecule has 9 heteroatoms. The Labute approximate surface area is 200 Å². The maximum atomic E-state index is 12.6. The lowest BCUT2D eigenvalue weighted by molar-refractivity contribution is -0.113. The minimum Gasteiger partial charge on any atom is -0.507 e. The van der Waals surface area contributed by atoms with Gasteiger partial charge in [-0.15, -0.1) is 10.2 Å². The molecule has 0 aliphatic carbocycles. The van der Waals surface area contributed by atoms with Gasteiger partial charge in [0.1, 0.15) is 5.75 Å². The van der Waals surface area contributed by atoms with Gasteiger partial charge in [0.25, 0.3) is 0 Å². The van der Waals surface area contributed by atoms with Crippen molar-refractivity contribution in [1.29, 1.82) is 0 Å². The number of phenols is 1. The van der Waals surface area contributed by atoms with Crippen LogP contribution >= 0.6 is 11.8 Å². The first-order chi connectivity index (χ1) is 16.6. The minimum absolute atomic E-state index is 0.0887. The van der Waals surface area contributed by atoms with E-state index in [0.717, 1.165) is 5.69 Å². The fourth-order valence-corrected chi connectivity index (χ4v) is 3.99. The van der Waals surface area contributed by atoms with E-state index in [-0.39, 0.29) is 17.4 Å². The number of esters is 1. The number of nitrogens with one attached hydrogen (secondary N) is 1. The molecule has 1 aromatic heterocycles. The number of aromatic nitrogens is 3. The number of amides is 1. The fourth-order valence-electron chi connectivity index (χ4n) is 3.24. The summed E-state index contributed by atoms with van der Waals surface area (Å²) in [6.45, 7) is 2.04. The van der Waals surface area contributed by atoms with E-state index in [0.29, 0.717) is 34.4 Å². The molecule has 1 heterocycles. The molecular weight excluding hydrogens is 452 g/mol. The van der Waals surface area contributed by atoms with Crippen molar-refractivity contribution in [2.75, 3.05) is 17.7 Å². The van der Waals surface area contributed by atoms with Crippen molar-refractivity contribution in [2.24, 2.45) is 0 Å². The molecule has 0 fully saturated rings. The number of hydrogen-bond acceptors (Lipinski definition) is 7. The summed E-state index contributed by atoms with van der Waals surface area (Å²) in [5.41, 5.74) is 2.33. The largest absolute Gasteiger partial charge is 0.507 e. The molecule has 0 aliphatic heterocycles. The average Bonchev–Trinajstić information content (AvgIpc) is 3.28. The number of carbonyl (C=O) groups excluding carboxylic acids is 2. The molecular formula is C25H22N4O4S. The molecule has 0 atom stereocenters. The second kappa shape index (κ2) is 10.7. The van der Waals surface area contributed by atoms with Crippen LogP contribution in [0.4, 0.5) is 5.69 Å². The lowest BCUT2D eigenvalue weighted by Crippen LogP contribution is -2.15. The predicted molar refractivity (Wildman–Crippen MR) is 130 cm³/mol. The highest BCUT2D eigenvalue weighted by Crippen LogP contribution is 2.32. The smallest absolute Gasteiger partial charge is 0.338 e. The van der Waals surface area contributed by atoms with E-state index in [2.05, 4.69) is 15.5 Å². The Kier molecular flexibility index (Phi) is 7.24. The average molecular weight is 475 g/mol. The first kappa shape index (κ1) is 23.1. The molecule has 0 saturated carbocycles. The van der Waals surface area contributed by atoms with Crippen LogP contribution in [0.25, 0.3) is 17.1 Å². The normalized spacial score (nSPS) is 10.6. The van der Waals surface area contributed by atoms with Crippen LogP contribution < -0.4 is 5.32 Å². The highest BCUT2D eigenvalue weighted by Gasteiger charge is 2.19. The zero-order valence-corrected chi connectivity index (χ0v) is 19.2.